The van der Waals surface area contributed by atoms with Crippen molar-refractivity contribution in [1.82, 2.24) is 9.88 Å². The van der Waals surface area contributed by atoms with Crippen molar-refractivity contribution in [3.05, 3.63) is 46.9 Å². The summed E-state index contributed by atoms with van der Waals surface area (Å²) in [5, 5.41) is 0. The van der Waals surface area contributed by atoms with Crippen molar-refractivity contribution in [2.75, 3.05) is 13.2 Å². The lowest BCUT2D eigenvalue weighted by Crippen LogP contribution is -2.29. The molecule has 2 heterocycles. The van der Waals surface area contributed by atoms with Gasteiger partial charge in [0.15, 0.2) is 0 Å². The Bertz CT molecular complexity index is 569. The number of nitrogens with zero attached hydrogens (tertiary/aromatic N) is 1. The number of fused-ring (bicyclic) bond motifs is 1. The van der Waals surface area contributed by atoms with Gasteiger partial charge in [-0.25, -0.2) is 4.79 Å². The molecule has 0 bridgehead atoms. The molecule has 0 saturated carbocycles. The highest BCUT2D eigenvalue weighted by atomic mass is 16.5. The number of allylic oxidation sites excluding steroid dienone is 3. The summed E-state index contributed by atoms with van der Waals surface area (Å²) >= 11 is 0. The van der Waals surface area contributed by atoms with E-state index in [2.05, 4.69) is 28.1 Å². The molecule has 20 heavy (non-hydrogen) atoms. The van der Waals surface area contributed by atoms with Crippen LogP contribution in [-0.2, 0) is 17.7 Å². The minimum absolute atomic E-state index is 0.259. The molecule has 0 spiro atoms. The van der Waals surface area contributed by atoms with Crippen LogP contribution in [0.25, 0.3) is 0 Å². The quantitative estimate of drug-likeness (QED) is 0.861. The molecule has 0 aromatic carbocycles. The number of nitrogens with one attached hydrogen (secondary N) is 1. The molecule has 0 amide bonds. The highest BCUT2D eigenvalue weighted by molar-refractivity contribution is 5.87. The third kappa shape index (κ3) is 2.50. The van der Waals surface area contributed by atoms with Crippen LogP contribution in [0.1, 0.15) is 41.5 Å². The molecule has 106 valence electrons. The molecule has 1 aromatic heterocycles. The van der Waals surface area contributed by atoms with E-state index >= 15 is 0 Å². The lowest BCUT2D eigenvalue weighted by Gasteiger charge is -2.30. The summed E-state index contributed by atoms with van der Waals surface area (Å²) in [7, 11) is 0. The van der Waals surface area contributed by atoms with Gasteiger partial charge in [-0.2, -0.15) is 0 Å². The molecule has 0 radical (unpaired) electrons. The number of H-pyrrole nitrogens is 1. The fourth-order valence-corrected chi connectivity index (χ4v) is 2.81. The Kier molecular flexibility index (Phi) is 3.63. The Labute approximate surface area is 119 Å². The average molecular weight is 272 g/mol. The van der Waals surface area contributed by atoms with Crippen molar-refractivity contribution in [3.8, 4) is 0 Å². The molecule has 1 aliphatic heterocycles. The molecular weight excluding hydrogens is 252 g/mol. The van der Waals surface area contributed by atoms with Gasteiger partial charge in [-0.1, -0.05) is 12.2 Å². The number of hydrogen-bond acceptors (Lipinski definition) is 3. The van der Waals surface area contributed by atoms with Crippen molar-refractivity contribution in [2.45, 2.75) is 32.7 Å². The van der Waals surface area contributed by atoms with E-state index in [4.69, 9.17) is 4.74 Å². The van der Waals surface area contributed by atoms with E-state index in [1.165, 1.54) is 17.0 Å². The van der Waals surface area contributed by atoms with Gasteiger partial charge >= 0.3 is 5.97 Å². The van der Waals surface area contributed by atoms with Crippen LogP contribution in [0.15, 0.2) is 30.0 Å². The van der Waals surface area contributed by atoms with Gasteiger partial charge in [0.1, 0.15) is 5.69 Å². The van der Waals surface area contributed by atoms with Gasteiger partial charge in [-0.05, 0) is 37.5 Å². The molecule has 1 aliphatic carbocycles. The zero-order valence-corrected chi connectivity index (χ0v) is 11.8. The van der Waals surface area contributed by atoms with Crippen molar-refractivity contribution < 1.29 is 9.53 Å². The Morgan fingerprint density at radius 1 is 1.45 bits per heavy atom. The number of esters is 1. The fourth-order valence-electron chi connectivity index (χ4n) is 2.81. The predicted octanol–water partition coefficient (Wildman–Crippen LogP) is 2.78. The largest absolute Gasteiger partial charge is 0.461 e. The summed E-state index contributed by atoms with van der Waals surface area (Å²) in [6, 6.07) is 1.94. The second-order valence-corrected chi connectivity index (χ2v) is 5.19. The van der Waals surface area contributed by atoms with Gasteiger partial charge < -0.3 is 14.6 Å². The van der Waals surface area contributed by atoms with Crippen LogP contribution in [0.5, 0.6) is 0 Å². The molecule has 3 rings (SSSR count). The third-order valence-corrected chi connectivity index (χ3v) is 3.82. The average Bonchev–Trinajstić information content (AvgIpc) is 2.91. The summed E-state index contributed by atoms with van der Waals surface area (Å²) in [5.41, 5.74) is 4.26. The van der Waals surface area contributed by atoms with Gasteiger partial charge in [-0.3, -0.25) is 0 Å². The molecule has 2 aliphatic rings. The summed E-state index contributed by atoms with van der Waals surface area (Å²) in [6.07, 6.45) is 9.93. The molecule has 0 fully saturated rings. The molecule has 0 atom stereocenters. The first-order valence-electron chi connectivity index (χ1n) is 7.27. The molecule has 1 N–H and O–H groups in total. The number of aromatic nitrogens is 1. The topological polar surface area (TPSA) is 45.3 Å². The number of hydrogen-bond donors (Lipinski definition) is 1. The molecule has 4 nitrogen and oxygen atoms in total. The van der Waals surface area contributed by atoms with Crippen LogP contribution in [0, 0.1) is 0 Å². The van der Waals surface area contributed by atoms with Crippen LogP contribution < -0.4 is 0 Å². The zero-order chi connectivity index (χ0) is 13.9. The highest BCUT2D eigenvalue weighted by Gasteiger charge is 2.22. The monoisotopic (exact) mass is 272 g/mol. The van der Waals surface area contributed by atoms with Crippen molar-refractivity contribution >= 4 is 5.97 Å². The van der Waals surface area contributed by atoms with E-state index in [-0.39, 0.29) is 5.97 Å². The summed E-state index contributed by atoms with van der Waals surface area (Å²) in [4.78, 5) is 17.3. The van der Waals surface area contributed by atoms with E-state index in [1.807, 2.05) is 13.0 Å². The smallest absolute Gasteiger partial charge is 0.354 e. The minimum atomic E-state index is -0.259. The summed E-state index contributed by atoms with van der Waals surface area (Å²) < 4.78 is 5.04. The van der Waals surface area contributed by atoms with E-state index in [9.17, 15) is 4.79 Å². The molecule has 0 unspecified atom stereocenters. The second kappa shape index (κ2) is 5.57. The predicted molar refractivity (Wildman–Crippen MR) is 77.3 cm³/mol. The SMILES string of the molecule is CCOC(=O)c1cc2c([nH]1)CCN(C1=CCCC=C1)C2. The first kappa shape index (κ1) is 13.0. The van der Waals surface area contributed by atoms with Crippen LogP contribution in [0.3, 0.4) is 0 Å². The molecule has 4 heteroatoms. The maximum Gasteiger partial charge on any atom is 0.354 e. The van der Waals surface area contributed by atoms with Crippen molar-refractivity contribution in [1.29, 1.82) is 0 Å². The van der Waals surface area contributed by atoms with E-state index < -0.39 is 0 Å². The first-order valence-corrected chi connectivity index (χ1v) is 7.27. The number of aromatic amines is 1. The lowest BCUT2D eigenvalue weighted by molar-refractivity contribution is 0.0520. The van der Waals surface area contributed by atoms with Crippen LogP contribution in [0.4, 0.5) is 0 Å². The number of carbonyl (C=O) groups is 1. The normalized spacial score (nSPS) is 17.6. The van der Waals surface area contributed by atoms with Gasteiger partial charge in [0.25, 0.3) is 0 Å². The Balaban J connectivity index is 1.76. The first-order chi connectivity index (χ1) is 9.78. The van der Waals surface area contributed by atoms with Gasteiger partial charge in [0, 0.05) is 30.9 Å². The molecule has 1 aromatic rings. The van der Waals surface area contributed by atoms with Crippen LogP contribution in [0.2, 0.25) is 0 Å². The van der Waals surface area contributed by atoms with Gasteiger partial charge in [0.2, 0.25) is 0 Å². The standard InChI is InChI=1S/C16H20N2O2/c1-2-20-16(19)15-10-12-11-18(9-8-14(12)17-15)13-6-4-3-5-7-13/h4,6-7,10,17H,2-3,5,8-9,11H2,1H3. The maximum atomic E-state index is 11.8. The Hall–Kier alpha value is -1.97. The van der Waals surface area contributed by atoms with Gasteiger partial charge in [-0.15, -0.1) is 0 Å². The summed E-state index contributed by atoms with van der Waals surface area (Å²) in [6.45, 7) is 4.09. The van der Waals surface area contributed by atoms with E-state index in [0.29, 0.717) is 12.3 Å². The van der Waals surface area contributed by atoms with Crippen LogP contribution in [-0.4, -0.2) is 29.0 Å². The highest BCUT2D eigenvalue weighted by Crippen LogP contribution is 2.25. The minimum Gasteiger partial charge on any atom is -0.461 e. The molecule has 0 saturated heterocycles. The lowest BCUT2D eigenvalue weighted by atomic mass is 10.1. The van der Waals surface area contributed by atoms with Crippen LogP contribution >= 0.6 is 0 Å². The van der Waals surface area contributed by atoms with E-state index in [0.717, 1.165) is 32.4 Å². The summed E-state index contributed by atoms with van der Waals surface area (Å²) in [5.74, 6) is -0.259. The second-order valence-electron chi connectivity index (χ2n) is 5.19. The van der Waals surface area contributed by atoms with Crippen molar-refractivity contribution in [2.24, 2.45) is 0 Å². The van der Waals surface area contributed by atoms with Crippen molar-refractivity contribution in [3.63, 3.8) is 0 Å². The Morgan fingerprint density at radius 3 is 3.10 bits per heavy atom. The number of ether oxygens (including phenoxy) is 1. The maximum absolute atomic E-state index is 11.8. The van der Waals surface area contributed by atoms with Gasteiger partial charge in [0.05, 0.1) is 6.61 Å². The zero-order valence-electron chi connectivity index (χ0n) is 11.8. The molecular formula is C16H20N2O2. The van der Waals surface area contributed by atoms with E-state index in [1.54, 1.807) is 0 Å². The number of carbonyl (C=O) groups excluding carboxylic acids is 1. The fraction of sp³-hybridized carbons (Fsp3) is 0.438. The third-order valence-electron chi connectivity index (χ3n) is 3.82. The number of rotatable bonds is 3. The Morgan fingerprint density at radius 2 is 2.35 bits per heavy atom.